The van der Waals surface area contributed by atoms with Crippen LogP contribution in [0.25, 0.3) is 0 Å². The summed E-state index contributed by atoms with van der Waals surface area (Å²) in [6, 6.07) is 15.9. The summed E-state index contributed by atoms with van der Waals surface area (Å²) in [5.74, 6) is -0.207. The van der Waals surface area contributed by atoms with Crippen molar-refractivity contribution in [3.05, 3.63) is 71.5 Å². The van der Waals surface area contributed by atoms with Crippen molar-refractivity contribution in [2.75, 3.05) is 26.2 Å². The van der Waals surface area contributed by atoms with E-state index in [1.807, 2.05) is 43.3 Å². The number of nitrogens with zero attached hydrogens (tertiary/aromatic N) is 2. The van der Waals surface area contributed by atoms with Crippen molar-refractivity contribution in [2.45, 2.75) is 18.7 Å². The van der Waals surface area contributed by atoms with Gasteiger partial charge in [-0.15, -0.1) is 0 Å². The van der Waals surface area contributed by atoms with E-state index in [0.717, 1.165) is 11.1 Å². The monoisotopic (exact) mass is 362 g/mol. The van der Waals surface area contributed by atoms with E-state index in [9.17, 15) is 12.8 Å². The van der Waals surface area contributed by atoms with Crippen molar-refractivity contribution in [3.8, 4) is 0 Å². The minimum Gasteiger partial charge on any atom is -0.294 e. The Kier molecular flexibility index (Phi) is 5.51. The average molecular weight is 362 g/mol. The highest BCUT2D eigenvalue weighted by Crippen LogP contribution is 2.23. The molecule has 1 atom stereocenters. The zero-order valence-electron chi connectivity index (χ0n) is 14.3. The van der Waals surface area contributed by atoms with Crippen LogP contribution in [0.2, 0.25) is 0 Å². The molecule has 4 nitrogen and oxygen atoms in total. The Morgan fingerprint density at radius 2 is 1.68 bits per heavy atom. The van der Waals surface area contributed by atoms with E-state index in [1.165, 1.54) is 6.07 Å². The highest BCUT2D eigenvalue weighted by molar-refractivity contribution is 7.88. The van der Waals surface area contributed by atoms with Gasteiger partial charge in [-0.25, -0.2) is 12.8 Å². The summed E-state index contributed by atoms with van der Waals surface area (Å²) in [7, 11) is -3.31. The third-order valence-electron chi connectivity index (χ3n) is 4.74. The van der Waals surface area contributed by atoms with Crippen molar-refractivity contribution < 1.29 is 12.8 Å². The zero-order chi connectivity index (χ0) is 17.9. The maximum Gasteiger partial charge on any atom is 0.218 e. The Balaban J connectivity index is 1.61. The number of sulfonamides is 1. The zero-order valence-corrected chi connectivity index (χ0v) is 15.1. The molecule has 6 heteroatoms. The fraction of sp³-hybridized carbons (Fsp3) is 0.368. The third kappa shape index (κ3) is 4.45. The lowest BCUT2D eigenvalue weighted by atomic mass is 10.1. The second-order valence-electron chi connectivity index (χ2n) is 6.41. The molecule has 25 heavy (non-hydrogen) atoms. The highest BCUT2D eigenvalue weighted by Gasteiger charge is 2.29. The molecule has 0 radical (unpaired) electrons. The quantitative estimate of drug-likeness (QED) is 0.821. The minimum absolute atomic E-state index is 0.0350. The molecule has 0 saturated carbocycles. The number of benzene rings is 2. The van der Waals surface area contributed by atoms with Gasteiger partial charge < -0.3 is 0 Å². The van der Waals surface area contributed by atoms with E-state index in [2.05, 4.69) is 4.90 Å². The molecule has 3 rings (SSSR count). The van der Waals surface area contributed by atoms with Gasteiger partial charge in [0.2, 0.25) is 10.0 Å². The first-order valence-corrected chi connectivity index (χ1v) is 10.1. The van der Waals surface area contributed by atoms with Gasteiger partial charge in [-0.05, 0) is 30.2 Å². The molecule has 1 aliphatic rings. The summed E-state index contributed by atoms with van der Waals surface area (Å²) in [5, 5.41) is 0. The van der Waals surface area contributed by atoms with Crippen LogP contribution in [0.3, 0.4) is 0 Å². The molecule has 2 aromatic carbocycles. The van der Waals surface area contributed by atoms with E-state index >= 15 is 0 Å². The first-order valence-electron chi connectivity index (χ1n) is 8.47. The van der Waals surface area contributed by atoms with Crippen LogP contribution >= 0.6 is 0 Å². The molecule has 0 amide bonds. The normalized spacial score (nSPS) is 18.2. The van der Waals surface area contributed by atoms with E-state index in [-0.39, 0.29) is 17.6 Å². The van der Waals surface area contributed by atoms with E-state index in [1.54, 1.807) is 16.4 Å². The number of piperazine rings is 1. The molecule has 1 saturated heterocycles. The second kappa shape index (κ2) is 7.64. The SMILES string of the molecule is CC(c1cccc(F)c1)N1CCN(S(=O)(=O)Cc2ccccc2)CC1. The van der Waals surface area contributed by atoms with Crippen molar-refractivity contribution in [1.82, 2.24) is 9.21 Å². The van der Waals surface area contributed by atoms with Gasteiger partial charge >= 0.3 is 0 Å². The van der Waals surface area contributed by atoms with Gasteiger partial charge in [0, 0.05) is 32.2 Å². The van der Waals surface area contributed by atoms with Gasteiger partial charge in [-0.1, -0.05) is 42.5 Å². The van der Waals surface area contributed by atoms with Crippen molar-refractivity contribution in [1.29, 1.82) is 0 Å². The van der Waals surface area contributed by atoms with E-state index < -0.39 is 10.0 Å². The van der Waals surface area contributed by atoms with E-state index in [0.29, 0.717) is 26.2 Å². The standard InChI is InChI=1S/C19H23FN2O2S/c1-16(18-8-5-9-19(20)14-18)21-10-12-22(13-11-21)25(23,24)15-17-6-3-2-4-7-17/h2-9,14,16H,10-13,15H2,1H3. The molecule has 2 aromatic rings. The maximum absolute atomic E-state index is 13.4. The number of halogens is 1. The van der Waals surface area contributed by atoms with Crippen molar-refractivity contribution >= 4 is 10.0 Å². The Bertz CT molecular complexity index is 803. The Labute approximate surface area is 148 Å². The van der Waals surface area contributed by atoms with Crippen LogP contribution in [-0.4, -0.2) is 43.8 Å². The lowest BCUT2D eigenvalue weighted by Gasteiger charge is -2.37. The van der Waals surface area contributed by atoms with Gasteiger partial charge in [0.15, 0.2) is 0 Å². The maximum atomic E-state index is 13.4. The summed E-state index contributed by atoms with van der Waals surface area (Å²) in [6.45, 7) is 4.25. The first kappa shape index (κ1) is 18.0. The van der Waals surface area contributed by atoms with Crippen molar-refractivity contribution in [2.24, 2.45) is 0 Å². The first-order chi connectivity index (χ1) is 12.0. The van der Waals surface area contributed by atoms with Crippen LogP contribution in [0.4, 0.5) is 4.39 Å². The van der Waals surface area contributed by atoms with Crippen LogP contribution < -0.4 is 0 Å². The number of hydrogen-bond acceptors (Lipinski definition) is 3. The third-order valence-corrected chi connectivity index (χ3v) is 6.59. The van der Waals surface area contributed by atoms with Gasteiger partial charge in [0.1, 0.15) is 5.82 Å². The van der Waals surface area contributed by atoms with Crippen LogP contribution in [0.15, 0.2) is 54.6 Å². The molecule has 1 aliphatic heterocycles. The molecule has 134 valence electrons. The highest BCUT2D eigenvalue weighted by atomic mass is 32.2. The summed E-state index contributed by atoms with van der Waals surface area (Å²) < 4.78 is 40.2. The topological polar surface area (TPSA) is 40.6 Å². The predicted octanol–water partition coefficient (Wildman–Crippen LogP) is 3.03. The van der Waals surface area contributed by atoms with Crippen molar-refractivity contribution in [3.63, 3.8) is 0 Å². The van der Waals surface area contributed by atoms with Gasteiger partial charge in [-0.3, -0.25) is 4.90 Å². The second-order valence-corrected chi connectivity index (χ2v) is 8.38. The molecule has 0 aliphatic carbocycles. The number of hydrogen-bond donors (Lipinski definition) is 0. The molecule has 1 fully saturated rings. The summed E-state index contributed by atoms with van der Waals surface area (Å²) in [6.07, 6.45) is 0. The van der Waals surface area contributed by atoms with Crippen LogP contribution in [-0.2, 0) is 15.8 Å². The summed E-state index contributed by atoms with van der Waals surface area (Å²) >= 11 is 0. The molecular weight excluding hydrogens is 339 g/mol. The molecule has 0 aromatic heterocycles. The summed E-state index contributed by atoms with van der Waals surface area (Å²) in [4.78, 5) is 2.20. The van der Waals surface area contributed by atoms with Crippen LogP contribution in [0.5, 0.6) is 0 Å². The molecule has 1 unspecified atom stereocenters. The largest absolute Gasteiger partial charge is 0.294 e. The average Bonchev–Trinajstić information content (AvgIpc) is 2.62. The smallest absolute Gasteiger partial charge is 0.218 e. The van der Waals surface area contributed by atoms with Crippen LogP contribution in [0.1, 0.15) is 24.1 Å². The minimum atomic E-state index is -3.31. The van der Waals surface area contributed by atoms with E-state index in [4.69, 9.17) is 0 Å². The predicted molar refractivity (Wildman–Crippen MR) is 97.0 cm³/mol. The lowest BCUT2D eigenvalue weighted by Crippen LogP contribution is -2.49. The van der Waals surface area contributed by atoms with Gasteiger partial charge in [-0.2, -0.15) is 4.31 Å². The molecule has 0 N–H and O–H groups in total. The molecule has 0 bridgehead atoms. The lowest BCUT2D eigenvalue weighted by molar-refractivity contribution is 0.145. The fourth-order valence-corrected chi connectivity index (χ4v) is 4.74. The molecule has 0 spiro atoms. The summed E-state index contributed by atoms with van der Waals surface area (Å²) in [5.41, 5.74) is 1.72. The van der Waals surface area contributed by atoms with Gasteiger partial charge in [0.05, 0.1) is 5.75 Å². The Morgan fingerprint density at radius 1 is 1.00 bits per heavy atom. The number of rotatable bonds is 5. The van der Waals surface area contributed by atoms with Gasteiger partial charge in [0.25, 0.3) is 0 Å². The van der Waals surface area contributed by atoms with Crippen LogP contribution in [0, 0.1) is 5.82 Å². The fourth-order valence-electron chi connectivity index (χ4n) is 3.22. The Morgan fingerprint density at radius 3 is 2.32 bits per heavy atom. The molecular formula is C19H23FN2O2S. The Hall–Kier alpha value is -1.76. The molecule has 1 heterocycles.